The lowest BCUT2D eigenvalue weighted by molar-refractivity contribution is -0.124. The van der Waals surface area contributed by atoms with Crippen LogP contribution < -0.4 is 32.7 Å². The Bertz CT molecular complexity index is 2250. The number of piperidine rings is 2. The Kier molecular flexibility index (Phi) is 10.5. The second kappa shape index (κ2) is 15.6. The van der Waals surface area contributed by atoms with Crippen molar-refractivity contribution in [3.05, 3.63) is 60.7 Å². The molecule has 0 bridgehead atoms. The van der Waals surface area contributed by atoms with Crippen molar-refractivity contribution in [2.24, 2.45) is 14.1 Å². The predicted octanol–water partition coefficient (Wildman–Crippen LogP) is 1.37. The molecule has 4 atom stereocenters. The maximum absolute atomic E-state index is 12.2. The summed E-state index contributed by atoms with van der Waals surface area (Å²) < 4.78 is 6.80. The van der Waals surface area contributed by atoms with Crippen LogP contribution in [0.1, 0.15) is 62.3 Å². The number of nitrogens with two attached hydrogens (primary N) is 2. The van der Waals surface area contributed by atoms with Gasteiger partial charge < -0.3 is 32.7 Å². The third kappa shape index (κ3) is 7.47. The number of amides is 2. The van der Waals surface area contributed by atoms with E-state index in [1.807, 2.05) is 45.5 Å². The number of aromatic nitrogens is 10. The van der Waals surface area contributed by atoms with Gasteiger partial charge in [0.2, 0.25) is 11.8 Å². The molecule has 2 aliphatic heterocycles. The molecule has 0 aromatic carbocycles. The van der Waals surface area contributed by atoms with Gasteiger partial charge in [0.1, 0.15) is 11.6 Å². The quantitative estimate of drug-likeness (QED) is 0.130. The van der Waals surface area contributed by atoms with Crippen LogP contribution in [0, 0.1) is 0 Å². The standard InChI is InChI=1S/C19H26N8O.C17H22N8O/c1-3-6-21-19(28)15-5-4-12(8-22-15)16-7-17(20)27-18(25-16)14(10-24-27)13-9-23-26(2)11-13;1-19-17(26)13-4-3-10(6-20-13)14-5-15(18)25-16(23-14)12(8-22-25)11-7-21-24(2)9-11/h7,9-12,15,22H,3-6,8,20H2,1-2H3,(H,21,28);5,7-10,13,20H,3-4,6,18H2,1-2H3,(H,19,26)/t12-,15-;10-,13-/m00/s1. The van der Waals surface area contributed by atoms with Crippen molar-refractivity contribution in [2.75, 3.05) is 38.1 Å². The highest BCUT2D eigenvalue weighted by Crippen LogP contribution is 2.31. The fourth-order valence-electron chi connectivity index (χ4n) is 7.17. The maximum Gasteiger partial charge on any atom is 0.237 e. The van der Waals surface area contributed by atoms with Gasteiger partial charge in [-0.2, -0.15) is 29.4 Å². The highest BCUT2D eigenvalue weighted by Gasteiger charge is 2.29. The van der Waals surface area contributed by atoms with Gasteiger partial charge in [0, 0.05) is 99.4 Å². The predicted molar refractivity (Wildman–Crippen MR) is 204 cm³/mol. The first-order valence-corrected chi connectivity index (χ1v) is 18.4. The monoisotopic (exact) mass is 736 g/mol. The number of carbonyl (C=O) groups excluding carboxylic acids is 2. The molecule has 6 aromatic heterocycles. The van der Waals surface area contributed by atoms with Gasteiger partial charge in [0.15, 0.2) is 11.3 Å². The Hall–Kier alpha value is -5.88. The molecule has 18 heteroatoms. The van der Waals surface area contributed by atoms with Crippen molar-refractivity contribution in [3.63, 3.8) is 0 Å². The number of rotatable bonds is 8. The lowest BCUT2D eigenvalue weighted by Crippen LogP contribution is -2.48. The van der Waals surface area contributed by atoms with E-state index in [0.717, 1.165) is 77.0 Å². The number of hydrogen-bond donors (Lipinski definition) is 6. The summed E-state index contributed by atoms with van der Waals surface area (Å²) in [6, 6.07) is 3.49. The second-order valence-corrected chi connectivity index (χ2v) is 14.0. The van der Waals surface area contributed by atoms with Crippen LogP contribution in [0.15, 0.2) is 49.3 Å². The van der Waals surface area contributed by atoms with E-state index in [0.29, 0.717) is 31.3 Å². The van der Waals surface area contributed by atoms with Crippen LogP contribution in [0.5, 0.6) is 0 Å². The number of hydrogen-bond acceptors (Lipinski definition) is 12. The number of likely N-dealkylation sites (N-methyl/N-ethyl adjacent to an activating group) is 1. The number of carbonyl (C=O) groups is 2. The molecular weight excluding hydrogens is 689 g/mol. The Morgan fingerprint density at radius 1 is 0.741 bits per heavy atom. The smallest absolute Gasteiger partial charge is 0.237 e. The number of nitrogen functional groups attached to an aromatic ring is 2. The number of aryl methyl sites for hydroxylation is 2. The van der Waals surface area contributed by atoms with Crippen LogP contribution in [0.3, 0.4) is 0 Å². The second-order valence-electron chi connectivity index (χ2n) is 14.0. The van der Waals surface area contributed by atoms with E-state index in [1.165, 1.54) is 0 Å². The zero-order valence-corrected chi connectivity index (χ0v) is 31.0. The van der Waals surface area contributed by atoms with E-state index < -0.39 is 0 Å². The van der Waals surface area contributed by atoms with E-state index in [1.54, 1.807) is 50.2 Å². The Labute approximate surface area is 312 Å². The molecule has 8 heterocycles. The first-order valence-electron chi connectivity index (χ1n) is 18.4. The molecule has 0 spiro atoms. The molecular formula is C36H48N16O2. The summed E-state index contributed by atoms with van der Waals surface area (Å²) in [5, 5.41) is 29.5. The minimum Gasteiger partial charge on any atom is -0.384 e. The average Bonchev–Trinajstić information content (AvgIpc) is 4.01. The minimum atomic E-state index is -0.141. The third-order valence-corrected chi connectivity index (χ3v) is 10.2. The fourth-order valence-corrected chi connectivity index (χ4v) is 7.17. The molecule has 2 amide bonds. The number of nitrogens with zero attached hydrogens (tertiary/aromatic N) is 10. The van der Waals surface area contributed by atoms with Crippen molar-refractivity contribution in [2.45, 2.75) is 62.9 Å². The first-order chi connectivity index (χ1) is 26.1. The topological polar surface area (TPSA) is 230 Å². The zero-order chi connectivity index (χ0) is 37.9. The summed E-state index contributed by atoms with van der Waals surface area (Å²) in [6.45, 7) is 4.15. The molecule has 18 nitrogen and oxygen atoms in total. The van der Waals surface area contributed by atoms with Gasteiger partial charge in [-0.1, -0.05) is 6.92 Å². The van der Waals surface area contributed by atoms with Gasteiger partial charge in [-0.15, -0.1) is 0 Å². The van der Waals surface area contributed by atoms with Crippen LogP contribution in [-0.4, -0.2) is 99.3 Å². The van der Waals surface area contributed by atoms with Crippen LogP contribution in [0.4, 0.5) is 11.6 Å². The minimum absolute atomic E-state index is 0.0287. The van der Waals surface area contributed by atoms with Crippen molar-refractivity contribution < 1.29 is 9.59 Å². The van der Waals surface area contributed by atoms with Gasteiger partial charge in [-0.3, -0.25) is 19.0 Å². The first kappa shape index (κ1) is 36.5. The maximum atomic E-state index is 12.2. The summed E-state index contributed by atoms with van der Waals surface area (Å²) in [6.07, 6.45) is 15.2. The molecule has 0 aliphatic carbocycles. The highest BCUT2D eigenvalue weighted by molar-refractivity contribution is 5.82. The summed E-state index contributed by atoms with van der Waals surface area (Å²) >= 11 is 0. The molecule has 2 fully saturated rings. The summed E-state index contributed by atoms with van der Waals surface area (Å²) in [5.41, 5.74) is 19.5. The van der Waals surface area contributed by atoms with Gasteiger partial charge in [0.05, 0.1) is 48.3 Å². The molecule has 8 rings (SSSR count). The molecule has 2 aliphatic rings. The van der Waals surface area contributed by atoms with Crippen molar-refractivity contribution in [1.82, 2.24) is 70.0 Å². The van der Waals surface area contributed by atoms with E-state index in [2.05, 4.69) is 41.7 Å². The van der Waals surface area contributed by atoms with Crippen LogP contribution in [-0.2, 0) is 23.7 Å². The van der Waals surface area contributed by atoms with Crippen LogP contribution >= 0.6 is 0 Å². The fraction of sp³-hybridized carbons (Fsp3) is 0.444. The molecule has 284 valence electrons. The molecule has 54 heavy (non-hydrogen) atoms. The number of anilines is 2. The molecule has 2 saturated heterocycles. The zero-order valence-electron chi connectivity index (χ0n) is 31.0. The number of fused-ring (bicyclic) bond motifs is 2. The summed E-state index contributed by atoms with van der Waals surface area (Å²) in [7, 11) is 5.41. The van der Waals surface area contributed by atoms with Gasteiger partial charge in [-0.25, -0.2) is 9.97 Å². The summed E-state index contributed by atoms with van der Waals surface area (Å²) in [5.74, 6) is 1.63. The molecule has 6 aromatic rings. The van der Waals surface area contributed by atoms with Crippen molar-refractivity contribution in [3.8, 4) is 22.3 Å². The largest absolute Gasteiger partial charge is 0.384 e. The van der Waals surface area contributed by atoms with E-state index >= 15 is 0 Å². The van der Waals surface area contributed by atoms with Gasteiger partial charge in [0.25, 0.3) is 0 Å². The Balaban J connectivity index is 0.000000167. The van der Waals surface area contributed by atoms with E-state index in [-0.39, 0.29) is 35.7 Å². The Morgan fingerprint density at radius 2 is 1.22 bits per heavy atom. The SMILES string of the molecule is CCCNC(=O)[C@@H]1CC[C@H](c2cc(N)n3ncc(-c4cnn(C)c4)c3n2)CN1.CNC(=O)[C@@H]1CC[C@H](c2cc(N)n3ncc(-c4cnn(C)c4)c3n2)CN1. The third-order valence-electron chi connectivity index (χ3n) is 10.2. The van der Waals surface area contributed by atoms with E-state index in [4.69, 9.17) is 21.4 Å². The summed E-state index contributed by atoms with van der Waals surface area (Å²) in [4.78, 5) is 33.7. The normalized spacial score (nSPS) is 20.1. The molecule has 8 N–H and O–H groups in total. The van der Waals surface area contributed by atoms with Gasteiger partial charge in [-0.05, 0) is 32.1 Å². The van der Waals surface area contributed by atoms with Gasteiger partial charge >= 0.3 is 0 Å². The molecule has 0 unspecified atom stereocenters. The van der Waals surface area contributed by atoms with Crippen molar-refractivity contribution >= 4 is 34.7 Å². The Morgan fingerprint density at radius 3 is 1.61 bits per heavy atom. The highest BCUT2D eigenvalue weighted by atomic mass is 16.2. The van der Waals surface area contributed by atoms with Crippen LogP contribution in [0.25, 0.3) is 33.5 Å². The lowest BCUT2D eigenvalue weighted by atomic mass is 9.91. The van der Waals surface area contributed by atoms with E-state index in [9.17, 15) is 9.59 Å². The molecule has 0 radical (unpaired) electrons. The van der Waals surface area contributed by atoms with Crippen molar-refractivity contribution in [1.29, 1.82) is 0 Å². The number of nitrogens with one attached hydrogen (secondary N) is 4. The molecule has 0 saturated carbocycles. The lowest BCUT2D eigenvalue weighted by Gasteiger charge is -2.29. The average molecular weight is 737 g/mol. The van der Waals surface area contributed by atoms with Crippen LogP contribution in [0.2, 0.25) is 0 Å².